The molecule has 0 aliphatic rings. The third-order valence-corrected chi connectivity index (χ3v) is 2.63. The first-order chi connectivity index (χ1) is 9.00. The quantitative estimate of drug-likeness (QED) is 0.772. The summed E-state index contributed by atoms with van der Waals surface area (Å²) < 4.78 is 0. The van der Waals surface area contributed by atoms with E-state index >= 15 is 0 Å². The predicted molar refractivity (Wildman–Crippen MR) is 67.2 cm³/mol. The summed E-state index contributed by atoms with van der Waals surface area (Å²) in [6.07, 6.45) is 1.41. The zero-order chi connectivity index (χ0) is 14.0. The van der Waals surface area contributed by atoms with Gasteiger partial charge in [-0.15, -0.1) is 0 Å². The molecule has 0 aromatic carbocycles. The number of H-pyrrole nitrogens is 1. The van der Waals surface area contributed by atoms with Crippen molar-refractivity contribution in [1.29, 1.82) is 0 Å². The van der Waals surface area contributed by atoms with Gasteiger partial charge in [0.05, 0.1) is 11.3 Å². The van der Waals surface area contributed by atoms with Gasteiger partial charge in [-0.3, -0.25) is 9.89 Å². The number of anilines is 1. The molecule has 0 saturated carbocycles. The molecule has 0 radical (unpaired) electrons. The van der Waals surface area contributed by atoms with E-state index in [4.69, 9.17) is 5.11 Å². The van der Waals surface area contributed by atoms with E-state index in [0.29, 0.717) is 17.0 Å². The summed E-state index contributed by atoms with van der Waals surface area (Å²) in [5, 5.41) is 18.1. The van der Waals surface area contributed by atoms with Gasteiger partial charge in [0.15, 0.2) is 0 Å². The second-order valence-electron chi connectivity index (χ2n) is 3.97. The Balaban J connectivity index is 2.32. The van der Waals surface area contributed by atoms with E-state index in [9.17, 15) is 9.59 Å². The van der Waals surface area contributed by atoms with Crippen LogP contribution in [0.2, 0.25) is 0 Å². The van der Waals surface area contributed by atoms with E-state index in [-0.39, 0.29) is 11.4 Å². The van der Waals surface area contributed by atoms with Gasteiger partial charge >= 0.3 is 5.97 Å². The number of pyridine rings is 1. The number of carbonyl (C=O) groups is 2. The van der Waals surface area contributed by atoms with Crippen molar-refractivity contribution in [1.82, 2.24) is 15.2 Å². The molecule has 3 N–H and O–H groups in total. The van der Waals surface area contributed by atoms with Gasteiger partial charge in [0, 0.05) is 11.9 Å². The molecule has 1 amide bonds. The third-order valence-electron chi connectivity index (χ3n) is 2.63. The molecule has 19 heavy (non-hydrogen) atoms. The first kappa shape index (κ1) is 12.7. The molecule has 0 aliphatic carbocycles. The molecule has 0 fully saturated rings. The molecule has 0 unspecified atom stereocenters. The number of aryl methyl sites for hydroxylation is 2. The van der Waals surface area contributed by atoms with Crippen LogP contribution in [0.15, 0.2) is 18.3 Å². The van der Waals surface area contributed by atoms with Crippen LogP contribution in [0.3, 0.4) is 0 Å². The second kappa shape index (κ2) is 4.89. The summed E-state index contributed by atoms with van der Waals surface area (Å²) in [7, 11) is 0. The van der Waals surface area contributed by atoms with E-state index < -0.39 is 11.9 Å². The highest BCUT2D eigenvalue weighted by Crippen LogP contribution is 2.15. The number of nitrogens with one attached hydrogen (secondary N) is 2. The van der Waals surface area contributed by atoms with E-state index in [0.717, 1.165) is 0 Å². The van der Waals surface area contributed by atoms with Crippen LogP contribution in [-0.2, 0) is 0 Å². The molecule has 7 heteroatoms. The number of nitrogens with zero attached hydrogens (tertiary/aromatic N) is 2. The maximum Gasteiger partial charge on any atom is 0.339 e. The number of aromatic amines is 1. The Hall–Kier alpha value is -2.70. The van der Waals surface area contributed by atoms with Crippen LogP contribution in [0.4, 0.5) is 5.82 Å². The molecular weight excluding hydrogens is 248 g/mol. The molecule has 7 nitrogen and oxygen atoms in total. The number of amides is 1. The number of aromatic nitrogens is 3. The van der Waals surface area contributed by atoms with Gasteiger partial charge in [-0.1, -0.05) is 0 Å². The smallest absolute Gasteiger partial charge is 0.339 e. The average Bonchev–Trinajstić information content (AvgIpc) is 2.69. The van der Waals surface area contributed by atoms with E-state index in [1.807, 2.05) is 0 Å². The monoisotopic (exact) mass is 260 g/mol. The van der Waals surface area contributed by atoms with Crippen molar-refractivity contribution < 1.29 is 14.7 Å². The Labute approximate surface area is 108 Å². The van der Waals surface area contributed by atoms with E-state index in [1.165, 1.54) is 18.3 Å². The largest absolute Gasteiger partial charge is 0.478 e. The minimum atomic E-state index is -1.15. The third kappa shape index (κ3) is 2.44. The lowest BCUT2D eigenvalue weighted by Crippen LogP contribution is -2.17. The molecule has 2 heterocycles. The standard InChI is InChI=1S/C12H12N4O3/c1-6-9(7(2)16-15-6)11(17)14-10-8(12(18)19)4-3-5-13-10/h3-5H,1-2H3,(H,15,16)(H,18,19)(H,13,14,17). The summed E-state index contributed by atoms with van der Waals surface area (Å²) in [5.41, 5.74) is 1.49. The summed E-state index contributed by atoms with van der Waals surface area (Å²) in [6, 6.07) is 2.87. The molecule has 0 aliphatic heterocycles. The first-order valence-electron chi connectivity index (χ1n) is 5.52. The summed E-state index contributed by atoms with van der Waals surface area (Å²) in [6.45, 7) is 3.40. The number of hydrogen-bond donors (Lipinski definition) is 3. The number of aromatic carboxylic acids is 1. The predicted octanol–water partition coefficient (Wildman–Crippen LogP) is 1.37. The van der Waals surface area contributed by atoms with Crippen molar-refractivity contribution in [3.05, 3.63) is 40.8 Å². The van der Waals surface area contributed by atoms with Crippen molar-refractivity contribution in [2.45, 2.75) is 13.8 Å². The second-order valence-corrected chi connectivity index (χ2v) is 3.97. The number of carboxylic acids is 1. The van der Waals surface area contributed by atoms with Crippen molar-refractivity contribution in [3.8, 4) is 0 Å². The minimum absolute atomic E-state index is 0.0139. The molecular formula is C12H12N4O3. The molecule has 98 valence electrons. The SMILES string of the molecule is Cc1n[nH]c(C)c1C(=O)Nc1ncccc1C(=O)O. The first-order valence-corrected chi connectivity index (χ1v) is 5.52. The summed E-state index contributed by atoms with van der Waals surface area (Å²) in [4.78, 5) is 27.0. The Morgan fingerprint density at radius 2 is 2.11 bits per heavy atom. The number of carboxylic acid groups (broad SMARTS) is 1. The van der Waals surface area contributed by atoms with Crippen molar-refractivity contribution in [3.63, 3.8) is 0 Å². The van der Waals surface area contributed by atoms with Gasteiger partial charge in [0.25, 0.3) is 5.91 Å². The Bertz CT molecular complexity index is 629. The fraction of sp³-hybridized carbons (Fsp3) is 0.167. The van der Waals surface area contributed by atoms with Crippen LogP contribution in [0.5, 0.6) is 0 Å². The number of hydrogen-bond acceptors (Lipinski definition) is 4. The molecule has 0 bridgehead atoms. The summed E-state index contributed by atoms with van der Waals surface area (Å²) in [5.74, 6) is -1.58. The van der Waals surface area contributed by atoms with Crippen molar-refractivity contribution in [2.75, 3.05) is 5.32 Å². The Morgan fingerprint density at radius 1 is 1.37 bits per heavy atom. The zero-order valence-corrected chi connectivity index (χ0v) is 10.4. The summed E-state index contributed by atoms with van der Waals surface area (Å²) >= 11 is 0. The van der Waals surface area contributed by atoms with Gasteiger partial charge in [0.2, 0.25) is 0 Å². The van der Waals surface area contributed by atoms with Crippen LogP contribution in [0.1, 0.15) is 32.1 Å². The van der Waals surface area contributed by atoms with E-state index in [2.05, 4.69) is 20.5 Å². The van der Waals surface area contributed by atoms with Gasteiger partial charge in [-0.05, 0) is 26.0 Å². The van der Waals surface area contributed by atoms with Crippen LogP contribution in [0.25, 0.3) is 0 Å². The Morgan fingerprint density at radius 3 is 2.68 bits per heavy atom. The zero-order valence-electron chi connectivity index (χ0n) is 10.4. The van der Waals surface area contributed by atoms with Gasteiger partial charge in [0.1, 0.15) is 11.4 Å². The maximum absolute atomic E-state index is 12.1. The number of carbonyl (C=O) groups excluding carboxylic acids is 1. The van der Waals surface area contributed by atoms with Gasteiger partial charge in [-0.2, -0.15) is 5.10 Å². The number of rotatable bonds is 3. The van der Waals surface area contributed by atoms with Gasteiger partial charge in [-0.25, -0.2) is 9.78 Å². The molecule has 2 aromatic rings. The van der Waals surface area contributed by atoms with Crippen LogP contribution >= 0.6 is 0 Å². The fourth-order valence-corrected chi connectivity index (χ4v) is 1.73. The molecule has 0 saturated heterocycles. The van der Waals surface area contributed by atoms with Crippen LogP contribution in [0, 0.1) is 13.8 Å². The van der Waals surface area contributed by atoms with E-state index in [1.54, 1.807) is 13.8 Å². The Kier molecular flexibility index (Phi) is 3.28. The lowest BCUT2D eigenvalue weighted by atomic mass is 10.2. The normalized spacial score (nSPS) is 10.2. The highest BCUT2D eigenvalue weighted by Gasteiger charge is 2.18. The topological polar surface area (TPSA) is 108 Å². The van der Waals surface area contributed by atoms with Crippen molar-refractivity contribution >= 4 is 17.7 Å². The van der Waals surface area contributed by atoms with Gasteiger partial charge < -0.3 is 10.4 Å². The van der Waals surface area contributed by atoms with Crippen LogP contribution < -0.4 is 5.32 Å². The highest BCUT2D eigenvalue weighted by atomic mass is 16.4. The lowest BCUT2D eigenvalue weighted by Gasteiger charge is -2.07. The molecule has 0 atom stereocenters. The molecule has 2 aromatic heterocycles. The fourth-order valence-electron chi connectivity index (χ4n) is 1.73. The molecule has 0 spiro atoms. The lowest BCUT2D eigenvalue weighted by molar-refractivity contribution is 0.0697. The van der Waals surface area contributed by atoms with Crippen molar-refractivity contribution in [2.24, 2.45) is 0 Å². The van der Waals surface area contributed by atoms with Crippen LogP contribution in [-0.4, -0.2) is 32.2 Å². The maximum atomic E-state index is 12.1. The minimum Gasteiger partial charge on any atom is -0.478 e. The average molecular weight is 260 g/mol. The highest BCUT2D eigenvalue weighted by molar-refractivity contribution is 6.08. The molecule has 2 rings (SSSR count).